The number of hydrogen-bond acceptors (Lipinski definition) is 3. The van der Waals surface area contributed by atoms with Crippen LogP contribution in [0.25, 0.3) is 0 Å². The van der Waals surface area contributed by atoms with Crippen molar-refractivity contribution in [1.82, 2.24) is 10.2 Å². The molecule has 4 heteroatoms. The lowest BCUT2D eigenvalue weighted by Gasteiger charge is -2.46. The zero-order valence-electron chi connectivity index (χ0n) is 7.63. The molecule has 12 heavy (non-hydrogen) atoms. The maximum Gasteiger partial charge on any atom is 0.326 e. The highest BCUT2D eigenvalue weighted by molar-refractivity contribution is 5.81. The number of carboxylic acid groups (broad SMARTS) is 1. The Kier molecular flexibility index (Phi) is 2.69. The van der Waals surface area contributed by atoms with Gasteiger partial charge in [-0.05, 0) is 13.1 Å². The highest BCUT2D eigenvalue weighted by Gasteiger charge is 2.48. The molecule has 1 saturated heterocycles. The minimum atomic E-state index is -0.704. The van der Waals surface area contributed by atoms with Crippen molar-refractivity contribution in [2.45, 2.75) is 19.4 Å². The van der Waals surface area contributed by atoms with Crippen molar-refractivity contribution in [3.63, 3.8) is 0 Å². The Morgan fingerprint density at radius 2 is 2.00 bits per heavy atom. The van der Waals surface area contributed by atoms with Crippen LogP contribution < -0.4 is 5.32 Å². The first-order chi connectivity index (χ1) is 5.67. The van der Waals surface area contributed by atoms with Crippen LogP contribution in [0.4, 0.5) is 0 Å². The summed E-state index contributed by atoms with van der Waals surface area (Å²) in [6.45, 7) is 6.72. The van der Waals surface area contributed by atoms with Crippen LogP contribution in [0, 0.1) is 0 Å². The predicted octanol–water partition coefficient (Wildman–Crippen LogP) is -0.245. The molecule has 0 aromatic heterocycles. The number of aliphatic carboxylic acids is 1. The molecule has 0 radical (unpaired) electrons. The zero-order chi connectivity index (χ0) is 9.19. The summed E-state index contributed by atoms with van der Waals surface area (Å²) in [7, 11) is 0. The molecule has 0 aliphatic carbocycles. The first-order valence-corrected chi connectivity index (χ1v) is 4.36. The third kappa shape index (κ3) is 1.21. The zero-order valence-corrected chi connectivity index (χ0v) is 7.63. The molecule has 70 valence electrons. The van der Waals surface area contributed by atoms with Crippen molar-refractivity contribution >= 4 is 5.97 Å². The summed E-state index contributed by atoms with van der Waals surface area (Å²) in [6, 6.07) is 0. The van der Waals surface area contributed by atoms with Gasteiger partial charge in [0.15, 0.2) is 0 Å². The Hall–Kier alpha value is -0.610. The van der Waals surface area contributed by atoms with Gasteiger partial charge in [0.2, 0.25) is 0 Å². The van der Waals surface area contributed by atoms with Crippen LogP contribution in [0.15, 0.2) is 0 Å². The van der Waals surface area contributed by atoms with Crippen molar-refractivity contribution in [2.24, 2.45) is 0 Å². The van der Waals surface area contributed by atoms with E-state index in [0.29, 0.717) is 13.1 Å². The van der Waals surface area contributed by atoms with Gasteiger partial charge >= 0.3 is 5.97 Å². The second-order valence-corrected chi connectivity index (χ2v) is 3.11. The minimum Gasteiger partial charge on any atom is -0.480 e. The van der Waals surface area contributed by atoms with Crippen LogP contribution in [0.1, 0.15) is 13.8 Å². The maximum absolute atomic E-state index is 11.0. The largest absolute Gasteiger partial charge is 0.480 e. The number of likely N-dealkylation sites (N-methyl/N-ethyl adjacent to an activating group) is 1. The standard InChI is InChI=1S/C8H16N2O2/c1-3-10(4-2)8(7(11)12)5-9-6-8/h9H,3-6H2,1-2H3,(H,11,12). The molecule has 0 bridgehead atoms. The van der Waals surface area contributed by atoms with Crippen molar-refractivity contribution in [2.75, 3.05) is 26.2 Å². The number of carboxylic acids is 1. The molecule has 0 saturated carbocycles. The number of rotatable bonds is 4. The van der Waals surface area contributed by atoms with E-state index in [1.54, 1.807) is 0 Å². The van der Waals surface area contributed by atoms with Gasteiger partial charge in [-0.3, -0.25) is 9.69 Å². The van der Waals surface area contributed by atoms with E-state index in [2.05, 4.69) is 5.32 Å². The molecule has 1 aliphatic rings. The van der Waals surface area contributed by atoms with Gasteiger partial charge in [-0.1, -0.05) is 13.8 Å². The average Bonchev–Trinajstić information content (AvgIpc) is 1.95. The van der Waals surface area contributed by atoms with E-state index in [0.717, 1.165) is 13.1 Å². The number of nitrogens with zero attached hydrogens (tertiary/aromatic N) is 1. The van der Waals surface area contributed by atoms with E-state index in [1.165, 1.54) is 0 Å². The fourth-order valence-electron chi connectivity index (χ4n) is 1.70. The van der Waals surface area contributed by atoms with E-state index < -0.39 is 11.5 Å². The smallest absolute Gasteiger partial charge is 0.326 e. The van der Waals surface area contributed by atoms with E-state index in [4.69, 9.17) is 5.11 Å². The monoisotopic (exact) mass is 172 g/mol. The molecule has 0 unspecified atom stereocenters. The van der Waals surface area contributed by atoms with Gasteiger partial charge in [0, 0.05) is 13.1 Å². The van der Waals surface area contributed by atoms with Gasteiger partial charge < -0.3 is 10.4 Å². The quantitative estimate of drug-likeness (QED) is 0.614. The molecule has 0 atom stereocenters. The fourth-order valence-corrected chi connectivity index (χ4v) is 1.70. The normalized spacial score (nSPS) is 20.6. The summed E-state index contributed by atoms with van der Waals surface area (Å²) >= 11 is 0. The summed E-state index contributed by atoms with van der Waals surface area (Å²) in [5.74, 6) is -0.704. The van der Waals surface area contributed by atoms with Gasteiger partial charge in [0.1, 0.15) is 5.54 Å². The van der Waals surface area contributed by atoms with Crippen LogP contribution in [-0.2, 0) is 4.79 Å². The Bertz CT molecular complexity index is 174. The topological polar surface area (TPSA) is 52.6 Å². The van der Waals surface area contributed by atoms with Gasteiger partial charge in [-0.25, -0.2) is 0 Å². The van der Waals surface area contributed by atoms with Gasteiger partial charge in [-0.15, -0.1) is 0 Å². The minimum absolute atomic E-state index is 0.573. The summed E-state index contributed by atoms with van der Waals surface area (Å²) in [6.07, 6.45) is 0. The molecule has 0 amide bonds. The highest BCUT2D eigenvalue weighted by Crippen LogP contribution is 2.20. The van der Waals surface area contributed by atoms with Crippen molar-refractivity contribution in [3.05, 3.63) is 0 Å². The van der Waals surface area contributed by atoms with Gasteiger partial charge in [0.25, 0.3) is 0 Å². The van der Waals surface area contributed by atoms with Crippen LogP contribution in [-0.4, -0.2) is 47.7 Å². The molecule has 2 N–H and O–H groups in total. The van der Waals surface area contributed by atoms with Crippen molar-refractivity contribution < 1.29 is 9.90 Å². The number of carbonyl (C=O) groups is 1. The molecule has 1 aliphatic heterocycles. The fraction of sp³-hybridized carbons (Fsp3) is 0.875. The average molecular weight is 172 g/mol. The summed E-state index contributed by atoms with van der Waals surface area (Å²) in [4.78, 5) is 13.0. The van der Waals surface area contributed by atoms with Crippen molar-refractivity contribution in [1.29, 1.82) is 0 Å². The second-order valence-electron chi connectivity index (χ2n) is 3.11. The lowest BCUT2D eigenvalue weighted by Crippen LogP contribution is -2.72. The Morgan fingerprint density at radius 1 is 1.50 bits per heavy atom. The molecule has 1 fully saturated rings. The molecule has 1 heterocycles. The SMILES string of the molecule is CCN(CC)C1(C(=O)O)CNC1. The van der Waals surface area contributed by atoms with Gasteiger partial charge in [0.05, 0.1) is 0 Å². The Morgan fingerprint density at radius 3 is 2.08 bits per heavy atom. The van der Waals surface area contributed by atoms with Crippen LogP contribution in [0.5, 0.6) is 0 Å². The Labute approximate surface area is 72.6 Å². The molecular formula is C8H16N2O2. The molecule has 4 nitrogen and oxygen atoms in total. The van der Waals surface area contributed by atoms with E-state index in [-0.39, 0.29) is 0 Å². The molecule has 1 rings (SSSR count). The number of nitrogens with one attached hydrogen (secondary N) is 1. The van der Waals surface area contributed by atoms with E-state index >= 15 is 0 Å². The van der Waals surface area contributed by atoms with Crippen molar-refractivity contribution in [3.8, 4) is 0 Å². The maximum atomic E-state index is 11.0. The lowest BCUT2D eigenvalue weighted by atomic mass is 9.90. The highest BCUT2D eigenvalue weighted by atomic mass is 16.4. The first-order valence-electron chi connectivity index (χ1n) is 4.36. The van der Waals surface area contributed by atoms with E-state index in [1.807, 2.05) is 18.7 Å². The predicted molar refractivity (Wildman–Crippen MR) is 46.2 cm³/mol. The van der Waals surface area contributed by atoms with Gasteiger partial charge in [-0.2, -0.15) is 0 Å². The van der Waals surface area contributed by atoms with Crippen LogP contribution in [0.2, 0.25) is 0 Å². The molecular weight excluding hydrogens is 156 g/mol. The third-order valence-corrected chi connectivity index (χ3v) is 2.60. The molecule has 0 aromatic rings. The Balaban J connectivity index is 2.71. The summed E-state index contributed by atoms with van der Waals surface area (Å²) in [5.41, 5.74) is -0.622. The van der Waals surface area contributed by atoms with Crippen LogP contribution >= 0.6 is 0 Å². The lowest BCUT2D eigenvalue weighted by molar-refractivity contribution is -0.155. The molecule has 0 spiro atoms. The van der Waals surface area contributed by atoms with E-state index in [9.17, 15) is 4.79 Å². The summed E-state index contributed by atoms with van der Waals surface area (Å²) in [5, 5.41) is 12.0. The number of hydrogen-bond donors (Lipinski definition) is 2. The second kappa shape index (κ2) is 3.41. The molecule has 0 aromatic carbocycles. The van der Waals surface area contributed by atoms with Crippen LogP contribution in [0.3, 0.4) is 0 Å². The first kappa shape index (κ1) is 9.48. The summed E-state index contributed by atoms with van der Waals surface area (Å²) < 4.78 is 0. The third-order valence-electron chi connectivity index (χ3n) is 2.60.